The van der Waals surface area contributed by atoms with Gasteiger partial charge in [0.05, 0.1) is 0 Å². The van der Waals surface area contributed by atoms with Crippen LogP contribution in [0.5, 0.6) is 0 Å². The van der Waals surface area contributed by atoms with Crippen molar-refractivity contribution in [2.24, 2.45) is 11.8 Å². The molecule has 0 amide bonds. The van der Waals surface area contributed by atoms with E-state index in [0.29, 0.717) is 0 Å². The SMILES string of the molecule is CC(CNCc1cc(Cl)ccc1Br)C1CC1. The summed E-state index contributed by atoms with van der Waals surface area (Å²) in [5, 5.41) is 4.30. The van der Waals surface area contributed by atoms with Crippen LogP contribution in [0.3, 0.4) is 0 Å². The average Bonchev–Trinajstić information content (AvgIpc) is 3.06. The Hall–Kier alpha value is -0.0500. The second-order valence-corrected chi connectivity index (χ2v) is 5.97. The zero-order chi connectivity index (χ0) is 11.5. The molecule has 0 heterocycles. The Morgan fingerprint density at radius 2 is 2.25 bits per heavy atom. The molecule has 16 heavy (non-hydrogen) atoms. The first-order valence-electron chi connectivity index (χ1n) is 5.81. The molecule has 88 valence electrons. The van der Waals surface area contributed by atoms with Gasteiger partial charge < -0.3 is 5.32 Å². The van der Waals surface area contributed by atoms with Crippen molar-refractivity contribution in [2.75, 3.05) is 6.54 Å². The topological polar surface area (TPSA) is 12.0 Å². The number of hydrogen-bond donors (Lipinski definition) is 1. The molecule has 0 saturated heterocycles. The monoisotopic (exact) mass is 301 g/mol. The summed E-state index contributed by atoms with van der Waals surface area (Å²) < 4.78 is 1.13. The molecule has 1 nitrogen and oxygen atoms in total. The van der Waals surface area contributed by atoms with Gasteiger partial charge in [0.25, 0.3) is 0 Å². The Morgan fingerprint density at radius 3 is 2.94 bits per heavy atom. The van der Waals surface area contributed by atoms with Crippen LogP contribution in [-0.4, -0.2) is 6.54 Å². The van der Waals surface area contributed by atoms with E-state index in [1.54, 1.807) is 0 Å². The summed E-state index contributed by atoms with van der Waals surface area (Å²) in [5.74, 6) is 1.77. The van der Waals surface area contributed by atoms with E-state index in [2.05, 4.69) is 28.2 Å². The minimum atomic E-state index is 0.801. The highest BCUT2D eigenvalue weighted by Gasteiger charge is 2.27. The van der Waals surface area contributed by atoms with Gasteiger partial charge in [-0.05, 0) is 55.0 Å². The molecule has 0 aliphatic heterocycles. The van der Waals surface area contributed by atoms with Gasteiger partial charge in [-0.15, -0.1) is 0 Å². The van der Waals surface area contributed by atoms with E-state index in [1.807, 2.05) is 18.2 Å². The second kappa shape index (κ2) is 5.52. The first kappa shape index (κ1) is 12.4. The molecule has 0 spiro atoms. The van der Waals surface area contributed by atoms with E-state index in [4.69, 9.17) is 11.6 Å². The summed E-state index contributed by atoms with van der Waals surface area (Å²) in [5.41, 5.74) is 1.23. The molecule has 1 saturated carbocycles. The summed E-state index contributed by atoms with van der Waals surface area (Å²) in [6.07, 6.45) is 2.84. The van der Waals surface area contributed by atoms with Crippen LogP contribution in [0.4, 0.5) is 0 Å². The zero-order valence-electron chi connectivity index (χ0n) is 9.47. The molecular formula is C13H17BrClN. The third-order valence-corrected chi connectivity index (χ3v) is 4.22. The molecule has 0 aromatic heterocycles. The van der Waals surface area contributed by atoms with Gasteiger partial charge in [0.15, 0.2) is 0 Å². The van der Waals surface area contributed by atoms with Crippen LogP contribution in [0.2, 0.25) is 5.02 Å². The normalized spacial score (nSPS) is 17.4. The van der Waals surface area contributed by atoms with Gasteiger partial charge in [-0.3, -0.25) is 0 Å². The van der Waals surface area contributed by atoms with Crippen molar-refractivity contribution in [1.82, 2.24) is 5.32 Å². The summed E-state index contributed by atoms with van der Waals surface area (Å²) in [7, 11) is 0. The summed E-state index contributed by atoms with van der Waals surface area (Å²) in [6.45, 7) is 4.32. The standard InChI is InChI=1S/C13H17BrClN/c1-9(10-2-3-10)7-16-8-11-6-12(15)4-5-13(11)14/h4-6,9-10,16H,2-3,7-8H2,1H3. The van der Waals surface area contributed by atoms with E-state index in [9.17, 15) is 0 Å². The molecule has 1 unspecified atom stereocenters. The van der Waals surface area contributed by atoms with Gasteiger partial charge in [-0.2, -0.15) is 0 Å². The van der Waals surface area contributed by atoms with Crippen LogP contribution in [0, 0.1) is 11.8 Å². The molecule has 1 aromatic rings. The van der Waals surface area contributed by atoms with Crippen molar-refractivity contribution in [1.29, 1.82) is 0 Å². The highest BCUT2D eigenvalue weighted by atomic mass is 79.9. The minimum absolute atomic E-state index is 0.801. The quantitative estimate of drug-likeness (QED) is 0.858. The molecular weight excluding hydrogens is 286 g/mol. The Balaban J connectivity index is 1.81. The smallest absolute Gasteiger partial charge is 0.0410 e. The van der Waals surface area contributed by atoms with Crippen LogP contribution in [0.1, 0.15) is 25.3 Å². The zero-order valence-corrected chi connectivity index (χ0v) is 11.8. The fourth-order valence-electron chi connectivity index (χ4n) is 1.95. The van der Waals surface area contributed by atoms with E-state index in [0.717, 1.165) is 34.4 Å². The van der Waals surface area contributed by atoms with E-state index < -0.39 is 0 Å². The third-order valence-electron chi connectivity index (χ3n) is 3.22. The van der Waals surface area contributed by atoms with Crippen molar-refractivity contribution in [3.63, 3.8) is 0 Å². The summed E-state index contributed by atoms with van der Waals surface area (Å²) in [6, 6.07) is 5.92. The van der Waals surface area contributed by atoms with Gasteiger partial charge in [0.2, 0.25) is 0 Å². The lowest BCUT2D eigenvalue weighted by atomic mass is 10.1. The highest BCUT2D eigenvalue weighted by Crippen LogP contribution is 2.36. The minimum Gasteiger partial charge on any atom is -0.312 e. The lowest BCUT2D eigenvalue weighted by Gasteiger charge is -2.12. The van der Waals surface area contributed by atoms with E-state index >= 15 is 0 Å². The highest BCUT2D eigenvalue weighted by molar-refractivity contribution is 9.10. The maximum atomic E-state index is 5.97. The van der Waals surface area contributed by atoms with Crippen LogP contribution in [-0.2, 0) is 6.54 Å². The second-order valence-electron chi connectivity index (χ2n) is 4.68. The van der Waals surface area contributed by atoms with Gasteiger partial charge in [0, 0.05) is 16.0 Å². The molecule has 1 N–H and O–H groups in total. The van der Waals surface area contributed by atoms with Crippen LogP contribution in [0.15, 0.2) is 22.7 Å². The lowest BCUT2D eigenvalue weighted by molar-refractivity contribution is 0.461. The number of hydrogen-bond acceptors (Lipinski definition) is 1. The lowest BCUT2D eigenvalue weighted by Crippen LogP contribution is -2.22. The predicted octanol–water partition coefficient (Wildman–Crippen LogP) is 4.24. The van der Waals surface area contributed by atoms with E-state index in [1.165, 1.54) is 18.4 Å². The van der Waals surface area contributed by atoms with Gasteiger partial charge in [0.1, 0.15) is 0 Å². The average molecular weight is 303 g/mol. The predicted molar refractivity (Wildman–Crippen MR) is 72.7 cm³/mol. The van der Waals surface area contributed by atoms with Crippen LogP contribution < -0.4 is 5.32 Å². The first-order valence-corrected chi connectivity index (χ1v) is 6.98. The van der Waals surface area contributed by atoms with Crippen molar-refractivity contribution in [3.05, 3.63) is 33.3 Å². The molecule has 1 aliphatic rings. The van der Waals surface area contributed by atoms with Crippen molar-refractivity contribution >= 4 is 27.5 Å². The van der Waals surface area contributed by atoms with Crippen LogP contribution in [0.25, 0.3) is 0 Å². The van der Waals surface area contributed by atoms with Gasteiger partial charge >= 0.3 is 0 Å². The van der Waals surface area contributed by atoms with Crippen LogP contribution >= 0.6 is 27.5 Å². The molecule has 3 heteroatoms. The Morgan fingerprint density at radius 1 is 1.50 bits per heavy atom. The number of nitrogens with one attached hydrogen (secondary N) is 1. The van der Waals surface area contributed by atoms with E-state index in [-0.39, 0.29) is 0 Å². The maximum absolute atomic E-state index is 5.97. The van der Waals surface area contributed by atoms with Crippen molar-refractivity contribution in [2.45, 2.75) is 26.3 Å². The molecule has 2 rings (SSSR count). The first-order chi connectivity index (χ1) is 7.66. The summed E-state index contributed by atoms with van der Waals surface area (Å²) >= 11 is 9.51. The van der Waals surface area contributed by atoms with Crippen molar-refractivity contribution < 1.29 is 0 Å². The Kier molecular flexibility index (Phi) is 4.28. The molecule has 1 aromatic carbocycles. The van der Waals surface area contributed by atoms with Gasteiger partial charge in [-0.1, -0.05) is 34.5 Å². The Labute approximate surface area is 111 Å². The molecule has 0 radical (unpaired) electrons. The number of benzene rings is 1. The largest absolute Gasteiger partial charge is 0.312 e. The molecule has 1 atom stereocenters. The number of rotatable bonds is 5. The number of halogens is 2. The Bertz CT molecular complexity index is 363. The van der Waals surface area contributed by atoms with Gasteiger partial charge in [-0.25, -0.2) is 0 Å². The third kappa shape index (κ3) is 3.47. The molecule has 1 fully saturated rings. The maximum Gasteiger partial charge on any atom is 0.0410 e. The molecule has 0 bridgehead atoms. The fraction of sp³-hybridized carbons (Fsp3) is 0.538. The fourth-order valence-corrected chi connectivity index (χ4v) is 2.53. The summed E-state index contributed by atoms with van der Waals surface area (Å²) in [4.78, 5) is 0. The molecule has 1 aliphatic carbocycles. The van der Waals surface area contributed by atoms with Crippen molar-refractivity contribution in [3.8, 4) is 0 Å².